The summed E-state index contributed by atoms with van der Waals surface area (Å²) in [5.74, 6) is -0.515. The SMILES string of the molecule is Cl.N[C@@H]1CN(S(=O)(=O)Cc2ccc(F)cc2)C[C@H]1c1ccccc1. The van der Waals surface area contributed by atoms with Crippen LogP contribution in [0.25, 0.3) is 0 Å². The van der Waals surface area contributed by atoms with E-state index in [1.807, 2.05) is 30.3 Å². The van der Waals surface area contributed by atoms with Crippen molar-refractivity contribution in [3.63, 3.8) is 0 Å². The molecule has 0 saturated carbocycles. The van der Waals surface area contributed by atoms with E-state index in [-0.39, 0.29) is 35.9 Å². The first-order valence-corrected chi connectivity index (χ1v) is 9.09. The van der Waals surface area contributed by atoms with Crippen molar-refractivity contribution in [3.05, 3.63) is 71.5 Å². The summed E-state index contributed by atoms with van der Waals surface area (Å²) in [6.45, 7) is 0.692. The molecule has 1 saturated heterocycles. The monoisotopic (exact) mass is 370 g/mol. The van der Waals surface area contributed by atoms with Gasteiger partial charge in [0, 0.05) is 25.0 Å². The molecule has 2 N–H and O–H groups in total. The van der Waals surface area contributed by atoms with Crippen LogP contribution in [0.15, 0.2) is 54.6 Å². The molecular weight excluding hydrogens is 351 g/mol. The molecule has 7 heteroatoms. The van der Waals surface area contributed by atoms with Gasteiger partial charge in [-0.3, -0.25) is 0 Å². The summed E-state index contributed by atoms with van der Waals surface area (Å²) >= 11 is 0. The van der Waals surface area contributed by atoms with E-state index in [2.05, 4.69) is 0 Å². The number of sulfonamides is 1. The minimum atomic E-state index is -3.47. The summed E-state index contributed by atoms with van der Waals surface area (Å²) in [6, 6.07) is 15.0. The summed E-state index contributed by atoms with van der Waals surface area (Å²) in [5, 5.41) is 0. The molecule has 0 aromatic heterocycles. The van der Waals surface area contributed by atoms with E-state index in [1.165, 1.54) is 28.6 Å². The highest BCUT2D eigenvalue weighted by Crippen LogP contribution is 2.29. The average molecular weight is 371 g/mol. The standard InChI is InChI=1S/C17H19FN2O2S.ClH/c18-15-8-6-13(7-9-15)12-23(21,22)20-10-16(17(19)11-20)14-4-2-1-3-5-14;/h1-9,16-17H,10-12,19H2;1H/t16-,17+;/m0./s1. The Hall–Kier alpha value is -1.47. The van der Waals surface area contributed by atoms with Gasteiger partial charge in [0.05, 0.1) is 5.75 Å². The summed E-state index contributed by atoms with van der Waals surface area (Å²) in [7, 11) is -3.47. The van der Waals surface area contributed by atoms with Crippen LogP contribution in [0.4, 0.5) is 4.39 Å². The van der Waals surface area contributed by atoms with Crippen molar-refractivity contribution in [2.45, 2.75) is 17.7 Å². The molecule has 0 amide bonds. The molecule has 0 spiro atoms. The van der Waals surface area contributed by atoms with Gasteiger partial charge in [-0.25, -0.2) is 12.8 Å². The van der Waals surface area contributed by atoms with E-state index in [0.29, 0.717) is 18.7 Å². The van der Waals surface area contributed by atoms with Crippen molar-refractivity contribution in [2.75, 3.05) is 13.1 Å². The van der Waals surface area contributed by atoms with Gasteiger partial charge in [-0.1, -0.05) is 42.5 Å². The summed E-state index contributed by atoms with van der Waals surface area (Å²) in [4.78, 5) is 0. The van der Waals surface area contributed by atoms with Crippen LogP contribution in [-0.2, 0) is 15.8 Å². The van der Waals surface area contributed by atoms with Crippen LogP contribution < -0.4 is 5.73 Å². The molecule has 0 radical (unpaired) electrons. The van der Waals surface area contributed by atoms with E-state index in [0.717, 1.165) is 5.56 Å². The fraction of sp³-hybridized carbons (Fsp3) is 0.294. The molecule has 2 aromatic rings. The fourth-order valence-electron chi connectivity index (χ4n) is 2.95. The molecule has 130 valence electrons. The molecule has 0 aliphatic carbocycles. The maximum Gasteiger partial charge on any atom is 0.218 e. The highest BCUT2D eigenvalue weighted by molar-refractivity contribution is 7.88. The largest absolute Gasteiger partial charge is 0.326 e. The van der Waals surface area contributed by atoms with Gasteiger partial charge in [0.15, 0.2) is 0 Å². The second kappa shape index (κ2) is 7.61. The van der Waals surface area contributed by atoms with Crippen LogP contribution >= 0.6 is 12.4 Å². The van der Waals surface area contributed by atoms with Crippen molar-refractivity contribution in [2.24, 2.45) is 5.73 Å². The molecular formula is C17H20ClFN2O2S. The lowest BCUT2D eigenvalue weighted by Gasteiger charge is -2.16. The lowest BCUT2D eigenvalue weighted by Crippen LogP contribution is -2.33. The third-order valence-corrected chi connectivity index (χ3v) is 6.00. The zero-order valence-corrected chi connectivity index (χ0v) is 14.6. The smallest absolute Gasteiger partial charge is 0.218 e. The summed E-state index contributed by atoms with van der Waals surface area (Å²) in [5.41, 5.74) is 7.78. The van der Waals surface area contributed by atoms with Crippen LogP contribution in [0.3, 0.4) is 0 Å². The first kappa shape index (κ1) is 18.9. The normalized spacial score (nSPS) is 21.4. The zero-order valence-electron chi connectivity index (χ0n) is 13.0. The molecule has 2 atom stereocenters. The number of nitrogens with zero attached hydrogens (tertiary/aromatic N) is 1. The third kappa shape index (κ3) is 4.13. The molecule has 4 nitrogen and oxygen atoms in total. The minimum Gasteiger partial charge on any atom is -0.326 e. The first-order valence-electron chi connectivity index (χ1n) is 7.48. The van der Waals surface area contributed by atoms with E-state index in [4.69, 9.17) is 5.73 Å². The molecule has 0 bridgehead atoms. The van der Waals surface area contributed by atoms with Gasteiger partial charge in [0.25, 0.3) is 0 Å². The fourth-order valence-corrected chi connectivity index (χ4v) is 4.54. The molecule has 2 aromatic carbocycles. The highest BCUT2D eigenvalue weighted by Gasteiger charge is 2.37. The topological polar surface area (TPSA) is 63.4 Å². The molecule has 24 heavy (non-hydrogen) atoms. The number of hydrogen-bond donors (Lipinski definition) is 1. The Morgan fingerprint density at radius 1 is 1.04 bits per heavy atom. The van der Waals surface area contributed by atoms with Crippen molar-refractivity contribution < 1.29 is 12.8 Å². The lowest BCUT2D eigenvalue weighted by molar-refractivity contribution is 0.469. The quantitative estimate of drug-likeness (QED) is 0.899. The van der Waals surface area contributed by atoms with Gasteiger partial charge in [0.2, 0.25) is 10.0 Å². The Morgan fingerprint density at radius 2 is 1.67 bits per heavy atom. The van der Waals surface area contributed by atoms with Gasteiger partial charge in [0.1, 0.15) is 5.82 Å². The molecule has 1 heterocycles. The van der Waals surface area contributed by atoms with Crippen LogP contribution in [-0.4, -0.2) is 31.9 Å². The third-order valence-electron chi connectivity index (χ3n) is 4.22. The van der Waals surface area contributed by atoms with Crippen LogP contribution in [0.5, 0.6) is 0 Å². The number of rotatable bonds is 4. The summed E-state index contributed by atoms with van der Waals surface area (Å²) in [6.07, 6.45) is 0. The highest BCUT2D eigenvalue weighted by atomic mass is 35.5. The second-order valence-electron chi connectivity index (χ2n) is 5.88. The summed E-state index contributed by atoms with van der Waals surface area (Å²) < 4.78 is 39.5. The van der Waals surface area contributed by atoms with Gasteiger partial charge in [-0.2, -0.15) is 4.31 Å². The van der Waals surface area contributed by atoms with Gasteiger partial charge < -0.3 is 5.73 Å². The maximum atomic E-state index is 12.9. The second-order valence-corrected chi connectivity index (χ2v) is 7.85. The number of halogens is 2. The molecule has 0 unspecified atom stereocenters. The van der Waals surface area contributed by atoms with Gasteiger partial charge >= 0.3 is 0 Å². The maximum absolute atomic E-state index is 12.9. The van der Waals surface area contributed by atoms with Crippen molar-refractivity contribution in [3.8, 4) is 0 Å². The van der Waals surface area contributed by atoms with Crippen LogP contribution in [0.2, 0.25) is 0 Å². The lowest BCUT2D eigenvalue weighted by atomic mass is 9.95. The predicted octanol–water partition coefficient (Wildman–Crippen LogP) is 2.50. The zero-order chi connectivity index (χ0) is 16.4. The Bertz CT molecular complexity index is 769. The Morgan fingerprint density at radius 3 is 2.29 bits per heavy atom. The van der Waals surface area contributed by atoms with Crippen LogP contribution in [0.1, 0.15) is 17.0 Å². The van der Waals surface area contributed by atoms with Crippen molar-refractivity contribution in [1.29, 1.82) is 0 Å². The molecule has 1 aliphatic heterocycles. The van der Waals surface area contributed by atoms with E-state index >= 15 is 0 Å². The Labute approximate surface area is 147 Å². The van der Waals surface area contributed by atoms with Gasteiger partial charge in [-0.05, 0) is 23.3 Å². The van der Waals surface area contributed by atoms with Crippen molar-refractivity contribution in [1.82, 2.24) is 4.31 Å². The first-order chi connectivity index (χ1) is 11.0. The minimum absolute atomic E-state index is 0. The molecule has 3 rings (SSSR count). The Balaban J connectivity index is 0.00000208. The van der Waals surface area contributed by atoms with Crippen LogP contribution in [0, 0.1) is 5.82 Å². The van der Waals surface area contributed by atoms with E-state index in [1.54, 1.807) is 0 Å². The van der Waals surface area contributed by atoms with Gasteiger partial charge in [-0.15, -0.1) is 12.4 Å². The number of nitrogens with two attached hydrogens (primary N) is 1. The number of benzene rings is 2. The predicted molar refractivity (Wildman–Crippen MR) is 95.0 cm³/mol. The molecule has 1 fully saturated rings. The number of hydrogen-bond acceptors (Lipinski definition) is 3. The Kier molecular flexibility index (Phi) is 5.98. The van der Waals surface area contributed by atoms with E-state index < -0.39 is 10.0 Å². The van der Waals surface area contributed by atoms with Crippen molar-refractivity contribution >= 4 is 22.4 Å². The van der Waals surface area contributed by atoms with E-state index in [9.17, 15) is 12.8 Å². The average Bonchev–Trinajstić information content (AvgIpc) is 2.93. The molecule has 1 aliphatic rings.